The molecule has 2 unspecified atom stereocenters. The molecule has 3 heterocycles. The van der Waals surface area contributed by atoms with Gasteiger partial charge in [-0.15, -0.1) is 0 Å². The van der Waals surface area contributed by atoms with Crippen molar-refractivity contribution in [2.75, 3.05) is 0 Å². The van der Waals surface area contributed by atoms with Crippen LogP contribution in [0.3, 0.4) is 0 Å². The number of hydrogen-bond acceptors (Lipinski definition) is 3. The van der Waals surface area contributed by atoms with E-state index in [2.05, 4.69) is 152 Å². The topological polar surface area (TPSA) is 44.9 Å². The lowest BCUT2D eigenvalue weighted by atomic mass is 9.78. The molecule has 2 atom stereocenters. The zero-order valence-corrected chi connectivity index (χ0v) is 33.0. The summed E-state index contributed by atoms with van der Waals surface area (Å²) in [4.78, 5) is 4.77. The molecule has 53 heavy (non-hydrogen) atoms. The Kier molecular flexibility index (Phi) is 10.3. The maximum atomic E-state index is 6.75. The van der Waals surface area contributed by atoms with E-state index >= 15 is 0 Å². The molecule has 0 spiro atoms. The Morgan fingerprint density at radius 1 is 0.698 bits per heavy atom. The van der Waals surface area contributed by atoms with Crippen molar-refractivity contribution in [2.45, 2.75) is 106 Å². The highest BCUT2D eigenvalue weighted by molar-refractivity contribution is 6.09. The monoisotopic (exact) mass is 702 g/mol. The largest absolute Gasteiger partial charge is 0.457 e. The Bertz CT molecular complexity index is 2370. The van der Waals surface area contributed by atoms with Gasteiger partial charge in [0.15, 0.2) is 0 Å². The molecule has 3 aromatic heterocycles. The number of nitrogens with zero attached hydrogens (tertiary/aromatic N) is 4. The Balaban J connectivity index is 1.32. The van der Waals surface area contributed by atoms with Gasteiger partial charge in [0.25, 0.3) is 0 Å². The molecule has 4 aromatic carbocycles. The molecule has 7 aromatic rings. The third-order valence-corrected chi connectivity index (χ3v) is 11.0. The number of pyridine rings is 1. The SMILES string of the molecule is CCCC(C)c1c(C)cc(C)c(C(C)CCC)c1-c1cnn(-c2cc(Oc3ccc4c5ccccc5n(-c5cc(C)ccn5)c4c3)cc(C(C)C)c2)c1. The number of hydrogen-bond donors (Lipinski definition) is 0. The molecule has 5 heteroatoms. The second kappa shape index (κ2) is 15.1. The molecule has 0 amide bonds. The summed E-state index contributed by atoms with van der Waals surface area (Å²) in [5.74, 6) is 3.71. The smallest absolute Gasteiger partial charge is 0.137 e. The van der Waals surface area contributed by atoms with Crippen molar-refractivity contribution in [3.63, 3.8) is 0 Å². The van der Waals surface area contributed by atoms with Crippen molar-refractivity contribution in [3.8, 4) is 34.1 Å². The van der Waals surface area contributed by atoms with Gasteiger partial charge in [-0.25, -0.2) is 9.67 Å². The van der Waals surface area contributed by atoms with E-state index in [1.54, 1.807) is 0 Å². The molecule has 0 saturated heterocycles. The van der Waals surface area contributed by atoms with E-state index in [1.807, 2.05) is 16.9 Å². The minimum Gasteiger partial charge on any atom is -0.457 e. The van der Waals surface area contributed by atoms with Gasteiger partial charge in [0.1, 0.15) is 17.3 Å². The first-order chi connectivity index (χ1) is 25.6. The Hall–Kier alpha value is -5.16. The number of para-hydroxylation sites is 1. The van der Waals surface area contributed by atoms with Crippen LogP contribution in [-0.4, -0.2) is 19.3 Å². The van der Waals surface area contributed by atoms with Gasteiger partial charge in [0, 0.05) is 40.9 Å². The summed E-state index contributed by atoms with van der Waals surface area (Å²) in [6.07, 6.45) is 10.8. The van der Waals surface area contributed by atoms with E-state index in [1.165, 1.54) is 55.3 Å². The lowest BCUT2D eigenvalue weighted by molar-refractivity contribution is 0.481. The summed E-state index contributed by atoms with van der Waals surface area (Å²) in [6, 6.07) is 28.0. The van der Waals surface area contributed by atoms with Crippen molar-refractivity contribution in [1.82, 2.24) is 19.3 Å². The minimum absolute atomic E-state index is 0.312. The van der Waals surface area contributed by atoms with Crippen LogP contribution in [0, 0.1) is 20.8 Å². The molecule has 7 rings (SSSR count). The number of aromatic nitrogens is 4. The second-order valence-electron chi connectivity index (χ2n) is 15.5. The number of aryl methyl sites for hydroxylation is 3. The number of benzene rings is 4. The van der Waals surface area contributed by atoms with Gasteiger partial charge < -0.3 is 4.74 Å². The third kappa shape index (κ3) is 7.02. The molecule has 0 aliphatic heterocycles. The van der Waals surface area contributed by atoms with Gasteiger partial charge in [0.2, 0.25) is 0 Å². The maximum absolute atomic E-state index is 6.75. The molecule has 272 valence electrons. The van der Waals surface area contributed by atoms with Gasteiger partial charge in [0.05, 0.1) is 22.9 Å². The zero-order chi connectivity index (χ0) is 37.4. The van der Waals surface area contributed by atoms with Crippen LogP contribution < -0.4 is 4.74 Å². The van der Waals surface area contributed by atoms with Gasteiger partial charge in [-0.2, -0.15) is 5.10 Å². The van der Waals surface area contributed by atoms with Crippen LogP contribution in [0.5, 0.6) is 11.5 Å². The summed E-state index contributed by atoms with van der Waals surface area (Å²) in [6.45, 7) is 20.5. The van der Waals surface area contributed by atoms with E-state index < -0.39 is 0 Å². The Labute approximate surface area is 315 Å². The quantitative estimate of drug-likeness (QED) is 0.127. The molecule has 0 N–H and O–H groups in total. The predicted octanol–water partition coefficient (Wildman–Crippen LogP) is 13.7. The van der Waals surface area contributed by atoms with Crippen LogP contribution in [0.25, 0.3) is 44.4 Å². The van der Waals surface area contributed by atoms with Crippen molar-refractivity contribution >= 4 is 21.8 Å². The lowest BCUT2D eigenvalue weighted by Crippen LogP contribution is -2.08. The molecule has 0 bridgehead atoms. The van der Waals surface area contributed by atoms with Crippen LogP contribution in [0.2, 0.25) is 0 Å². The fraction of sp³-hybridized carbons (Fsp3) is 0.333. The average molecular weight is 703 g/mol. The highest BCUT2D eigenvalue weighted by Gasteiger charge is 2.24. The van der Waals surface area contributed by atoms with E-state index in [0.29, 0.717) is 17.8 Å². The molecule has 0 aliphatic rings. The first-order valence-corrected chi connectivity index (χ1v) is 19.6. The van der Waals surface area contributed by atoms with Crippen LogP contribution in [-0.2, 0) is 0 Å². The van der Waals surface area contributed by atoms with Crippen molar-refractivity contribution in [1.29, 1.82) is 0 Å². The normalized spacial score (nSPS) is 12.9. The maximum Gasteiger partial charge on any atom is 0.137 e. The lowest BCUT2D eigenvalue weighted by Gasteiger charge is -2.26. The first-order valence-electron chi connectivity index (χ1n) is 19.6. The fourth-order valence-electron chi connectivity index (χ4n) is 8.52. The molecule has 0 radical (unpaired) electrons. The highest BCUT2D eigenvalue weighted by Crippen LogP contribution is 2.43. The number of ether oxygens (including phenoxy) is 1. The number of rotatable bonds is 12. The third-order valence-electron chi connectivity index (χ3n) is 11.0. The van der Waals surface area contributed by atoms with Crippen molar-refractivity contribution < 1.29 is 4.74 Å². The molecular formula is C48H54N4O. The number of fused-ring (bicyclic) bond motifs is 3. The van der Waals surface area contributed by atoms with Gasteiger partial charge >= 0.3 is 0 Å². The van der Waals surface area contributed by atoms with Crippen LogP contribution >= 0.6 is 0 Å². The molecule has 5 nitrogen and oxygen atoms in total. The van der Waals surface area contributed by atoms with E-state index in [0.717, 1.165) is 59.7 Å². The molecular weight excluding hydrogens is 649 g/mol. The van der Waals surface area contributed by atoms with Gasteiger partial charge in [-0.1, -0.05) is 78.6 Å². The Morgan fingerprint density at radius 2 is 1.40 bits per heavy atom. The van der Waals surface area contributed by atoms with Crippen LogP contribution in [0.15, 0.2) is 97.5 Å². The average Bonchev–Trinajstić information content (AvgIpc) is 3.75. The molecule has 0 saturated carbocycles. The van der Waals surface area contributed by atoms with E-state index in [-0.39, 0.29) is 0 Å². The summed E-state index contributed by atoms with van der Waals surface area (Å²) in [5, 5.41) is 7.40. The summed E-state index contributed by atoms with van der Waals surface area (Å²) in [5.41, 5.74) is 13.8. The van der Waals surface area contributed by atoms with Crippen LogP contribution in [0.1, 0.15) is 118 Å². The van der Waals surface area contributed by atoms with E-state index in [4.69, 9.17) is 14.8 Å². The summed E-state index contributed by atoms with van der Waals surface area (Å²) >= 11 is 0. The first kappa shape index (κ1) is 36.2. The molecule has 0 fully saturated rings. The highest BCUT2D eigenvalue weighted by atomic mass is 16.5. The van der Waals surface area contributed by atoms with Gasteiger partial charge in [-0.05, 0) is 133 Å². The summed E-state index contributed by atoms with van der Waals surface area (Å²) in [7, 11) is 0. The fourth-order valence-corrected chi connectivity index (χ4v) is 8.52. The standard InChI is InChI=1S/C48H54N4O/c1-10-14-32(6)46-34(8)23-35(9)47(33(7)15-11-2)48(46)37-28-50-51(29-37)38-24-36(30(3)4)25-40(26-38)53-39-18-19-42-41-16-12-13-17-43(41)52(44(42)27-39)45-22-31(5)20-21-49-45/h12-13,16-30,32-33H,10-11,14-15H2,1-9H3. The van der Waals surface area contributed by atoms with Crippen molar-refractivity contribution in [3.05, 3.63) is 131 Å². The molecule has 0 aliphatic carbocycles. The van der Waals surface area contributed by atoms with Crippen LogP contribution in [0.4, 0.5) is 0 Å². The Morgan fingerprint density at radius 3 is 2.08 bits per heavy atom. The minimum atomic E-state index is 0.312. The zero-order valence-electron chi connectivity index (χ0n) is 33.0. The predicted molar refractivity (Wildman–Crippen MR) is 223 cm³/mol. The van der Waals surface area contributed by atoms with Crippen molar-refractivity contribution in [2.24, 2.45) is 0 Å². The van der Waals surface area contributed by atoms with E-state index in [9.17, 15) is 0 Å². The van der Waals surface area contributed by atoms with Gasteiger partial charge in [-0.3, -0.25) is 4.57 Å². The second-order valence-corrected chi connectivity index (χ2v) is 15.5. The summed E-state index contributed by atoms with van der Waals surface area (Å²) < 4.78 is 11.0.